The Balaban J connectivity index is 2.75. The molecule has 0 saturated heterocycles. The molecule has 0 radical (unpaired) electrons. The van der Waals surface area contributed by atoms with Crippen molar-refractivity contribution in [2.75, 3.05) is 6.61 Å². The lowest BCUT2D eigenvalue weighted by atomic mass is 10.2. The Bertz CT molecular complexity index is 384. The van der Waals surface area contributed by atoms with E-state index in [2.05, 4.69) is 5.32 Å². The van der Waals surface area contributed by atoms with Crippen molar-refractivity contribution in [3.05, 3.63) is 38.9 Å². The summed E-state index contributed by atoms with van der Waals surface area (Å²) in [6.45, 7) is 2.31. The number of halogens is 1. The maximum Gasteiger partial charge on any atom is 0.288 e. The van der Waals surface area contributed by atoms with Gasteiger partial charge in [0.2, 0.25) is 0 Å². The molecular weight excluding hydrogens is 232 g/mol. The van der Waals surface area contributed by atoms with Gasteiger partial charge in [0.05, 0.1) is 11.5 Å². The molecule has 0 amide bonds. The third kappa shape index (κ3) is 3.44. The van der Waals surface area contributed by atoms with Gasteiger partial charge >= 0.3 is 0 Å². The lowest BCUT2D eigenvalue weighted by Gasteiger charge is -2.10. The third-order valence-electron chi connectivity index (χ3n) is 2.14. The lowest BCUT2D eigenvalue weighted by Crippen LogP contribution is -2.28. The topological polar surface area (TPSA) is 75.4 Å². The summed E-state index contributed by atoms with van der Waals surface area (Å²) >= 11 is 5.68. The molecule has 0 saturated carbocycles. The highest BCUT2D eigenvalue weighted by atomic mass is 35.5. The average Bonchev–Trinajstić information content (AvgIpc) is 2.27. The quantitative estimate of drug-likeness (QED) is 0.611. The van der Waals surface area contributed by atoms with Gasteiger partial charge in [0, 0.05) is 18.7 Å². The molecule has 0 aromatic heterocycles. The van der Waals surface area contributed by atoms with Gasteiger partial charge in [-0.1, -0.05) is 17.7 Å². The molecule has 0 heterocycles. The summed E-state index contributed by atoms with van der Waals surface area (Å²) in [7, 11) is 0. The molecule has 0 aliphatic heterocycles. The van der Waals surface area contributed by atoms with Crippen molar-refractivity contribution in [1.29, 1.82) is 0 Å². The molecule has 2 N–H and O–H groups in total. The number of rotatable bonds is 5. The van der Waals surface area contributed by atoms with Crippen LogP contribution in [0, 0.1) is 10.1 Å². The van der Waals surface area contributed by atoms with Crippen LogP contribution in [0.4, 0.5) is 5.69 Å². The van der Waals surface area contributed by atoms with Gasteiger partial charge in [-0.05, 0) is 18.6 Å². The van der Waals surface area contributed by atoms with Crippen LogP contribution in [0.25, 0.3) is 0 Å². The molecule has 16 heavy (non-hydrogen) atoms. The van der Waals surface area contributed by atoms with E-state index in [1.54, 1.807) is 6.07 Å². The van der Waals surface area contributed by atoms with Crippen molar-refractivity contribution >= 4 is 17.3 Å². The SMILES string of the molecule is CC(CO)NCc1ccc(Cl)c([N+](=O)[O-])c1. The maximum atomic E-state index is 10.6. The van der Waals surface area contributed by atoms with Crippen LogP contribution in [0.3, 0.4) is 0 Å². The monoisotopic (exact) mass is 244 g/mol. The van der Waals surface area contributed by atoms with Crippen molar-refractivity contribution in [3.8, 4) is 0 Å². The fraction of sp³-hybridized carbons (Fsp3) is 0.400. The Morgan fingerprint density at radius 2 is 2.31 bits per heavy atom. The van der Waals surface area contributed by atoms with Gasteiger partial charge in [-0.25, -0.2) is 0 Å². The maximum absolute atomic E-state index is 10.6. The molecule has 0 spiro atoms. The summed E-state index contributed by atoms with van der Waals surface area (Å²) in [6, 6.07) is 4.60. The van der Waals surface area contributed by atoms with Gasteiger partial charge in [-0.3, -0.25) is 10.1 Å². The normalized spacial score (nSPS) is 12.4. The van der Waals surface area contributed by atoms with E-state index >= 15 is 0 Å². The minimum atomic E-state index is -0.513. The largest absolute Gasteiger partial charge is 0.395 e. The number of nitro benzene ring substituents is 1. The highest BCUT2D eigenvalue weighted by Crippen LogP contribution is 2.24. The summed E-state index contributed by atoms with van der Waals surface area (Å²) in [5.74, 6) is 0. The number of nitro groups is 1. The second kappa shape index (κ2) is 5.79. The molecule has 0 bridgehead atoms. The number of aliphatic hydroxyl groups is 1. The first-order valence-electron chi connectivity index (χ1n) is 4.81. The van der Waals surface area contributed by atoms with Crippen molar-refractivity contribution in [2.24, 2.45) is 0 Å². The van der Waals surface area contributed by atoms with Crippen LogP contribution >= 0.6 is 11.6 Å². The standard InChI is InChI=1S/C10H13ClN2O3/c1-7(6-14)12-5-8-2-3-9(11)10(4-8)13(15)16/h2-4,7,12,14H,5-6H2,1H3. The second-order valence-electron chi connectivity index (χ2n) is 3.51. The molecule has 0 aliphatic rings. The zero-order valence-electron chi connectivity index (χ0n) is 8.81. The van der Waals surface area contributed by atoms with Crippen molar-refractivity contribution in [2.45, 2.75) is 19.5 Å². The molecule has 1 aromatic rings. The number of hydrogen-bond acceptors (Lipinski definition) is 4. The summed E-state index contributed by atoms with van der Waals surface area (Å²) in [6.07, 6.45) is 0. The predicted octanol–water partition coefficient (Wildman–Crippen LogP) is 1.72. The minimum absolute atomic E-state index is 0.0235. The molecule has 1 rings (SSSR count). The summed E-state index contributed by atoms with van der Waals surface area (Å²) in [5.41, 5.74) is 0.661. The fourth-order valence-electron chi connectivity index (χ4n) is 1.16. The Labute approximate surface area is 98.2 Å². The summed E-state index contributed by atoms with van der Waals surface area (Å²) in [4.78, 5) is 10.1. The zero-order valence-corrected chi connectivity index (χ0v) is 9.57. The van der Waals surface area contributed by atoms with Crippen molar-refractivity contribution in [3.63, 3.8) is 0 Å². The van der Waals surface area contributed by atoms with E-state index in [1.807, 2.05) is 6.92 Å². The fourth-order valence-corrected chi connectivity index (χ4v) is 1.35. The van der Waals surface area contributed by atoms with Gasteiger partial charge in [0.25, 0.3) is 5.69 Å². The van der Waals surface area contributed by atoms with E-state index in [0.717, 1.165) is 5.56 Å². The Morgan fingerprint density at radius 3 is 2.88 bits per heavy atom. The molecular formula is C10H13ClN2O3. The van der Waals surface area contributed by atoms with Gasteiger partial charge < -0.3 is 10.4 Å². The Kier molecular flexibility index (Phi) is 4.67. The highest BCUT2D eigenvalue weighted by Gasteiger charge is 2.12. The van der Waals surface area contributed by atoms with Gasteiger partial charge in [0.1, 0.15) is 5.02 Å². The van der Waals surface area contributed by atoms with E-state index in [9.17, 15) is 10.1 Å². The number of nitrogens with one attached hydrogen (secondary N) is 1. The molecule has 88 valence electrons. The zero-order chi connectivity index (χ0) is 12.1. The number of hydrogen-bond donors (Lipinski definition) is 2. The molecule has 6 heteroatoms. The molecule has 5 nitrogen and oxygen atoms in total. The van der Waals surface area contributed by atoms with E-state index < -0.39 is 4.92 Å². The number of nitrogens with zero attached hydrogens (tertiary/aromatic N) is 1. The Hall–Kier alpha value is -1.17. The molecule has 1 aromatic carbocycles. The minimum Gasteiger partial charge on any atom is -0.395 e. The van der Waals surface area contributed by atoms with Gasteiger partial charge in [-0.15, -0.1) is 0 Å². The van der Waals surface area contributed by atoms with Crippen LogP contribution in [0.2, 0.25) is 5.02 Å². The highest BCUT2D eigenvalue weighted by molar-refractivity contribution is 6.32. The summed E-state index contributed by atoms with van der Waals surface area (Å²) < 4.78 is 0. The van der Waals surface area contributed by atoms with E-state index in [4.69, 9.17) is 16.7 Å². The average molecular weight is 245 g/mol. The molecule has 0 aliphatic carbocycles. The van der Waals surface area contributed by atoms with Gasteiger partial charge in [-0.2, -0.15) is 0 Å². The smallest absolute Gasteiger partial charge is 0.288 e. The van der Waals surface area contributed by atoms with Gasteiger partial charge in [0.15, 0.2) is 0 Å². The van der Waals surface area contributed by atoms with Crippen LogP contribution in [0.5, 0.6) is 0 Å². The number of benzene rings is 1. The number of aliphatic hydroxyl groups excluding tert-OH is 1. The first-order chi connectivity index (χ1) is 7.54. The first-order valence-corrected chi connectivity index (χ1v) is 5.19. The summed E-state index contributed by atoms with van der Waals surface area (Å²) in [5, 5.41) is 22.6. The van der Waals surface area contributed by atoms with Crippen LogP contribution in [0.1, 0.15) is 12.5 Å². The van der Waals surface area contributed by atoms with E-state index in [0.29, 0.717) is 6.54 Å². The van der Waals surface area contributed by atoms with Crippen LogP contribution in [-0.4, -0.2) is 22.7 Å². The van der Waals surface area contributed by atoms with Crippen LogP contribution in [-0.2, 0) is 6.54 Å². The predicted molar refractivity (Wildman–Crippen MR) is 61.5 cm³/mol. The van der Waals surface area contributed by atoms with Crippen LogP contribution in [0.15, 0.2) is 18.2 Å². The van der Waals surface area contributed by atoms with E-state index in [-0.39, 0.29) is 23.4 Å². The lowest BCUT2D eigenvalue weighted by molar-refractivity contribution is -0.384. The molecule has 0 fully saturated rings. The molecule has 1 unspecified atom stereocenters. The third-order valence-corrected chi connectivity index (χ3v) is 2.46. The second-order valence-corrected chi connectivity index (χ2v) is 3.91. The van der Waals surface area contributed by atoms with E-state index in [1.165, 1.54) is 12.1 Å². The first kappa shape index (κ1) is 12.9. The Morgan fingerprint density at radius 1 is 1.62 bits per heavy atom. The van der Waals surface area contributed by atoms with Crippen molar-refractivity contribution < 1.29 is 10.0 Å². The molecule has 1 atom stereocenters. The van der Waals surface area contributed by atoms with Crippen molar-refractivity contribution in [1.82, 2.24) is 5.32 Å². The van der Waals surface area contributed by atoms with Crippen LogP contribution < -0.4 is 5.32 Å².